The van der Waals surface area contributed by atoms with E-state index in [9.17, 15) is 18.8 Å². The number of ether oxygens (including phenoxy) is 3. The zero-order valence-corrected chi connectivity index (χ0v) is 23.0. The third kappa shape index (κ3) is 8.16. The van der Waals surface area contributed by atoms with Crippen LogP contribution in [0.2, 0.25) is 0 Å². The number of pyridine rings is 1. The minimum atomic E-state index is -1.26. The minimum Gasteiger partial charge on any atom is -0.497 e. The molecule has 0 saturated heterocycles. The number of halogens is 1. The molecule has 12 heteroatoms. The van der Waals surface area contributed by atoms with E-state index in [0.29, 0.717) is 48.2 Å². The maximum atomic E-state index is 14.4. The Balaban J connectivity index is 0.000000446. The van der Waals surface area contributed by atoms with Crippen LogP contribution < -0.4 is 24.8 Å². The molecule has 1 amide bonds. The van der Waals surface area contributed by atoms with Crippen LogP contribution in [0.1, 0.15) is 31.2 Å². The molecule has 2 aliphatic rings. The smallest absolute Gasteiger partial charge is 0.328 e. The van der Waals surface area contributed by atoms with Crippen molar-refractivity contribution < 1.29 is 43.2 Å². The number of methoxy groups -OCH3 is 1. The molecule has 0 spiro atoms. The van der Waals surface area contributed by atoms with Gasteiger partial charge in [0.05, 0.1) is 12.8 Å². The van der Waals surface area contributed by atoms with Crippen LogP contribution in [-0.4, -0.2) is 59.4 Å². The second-order valence-corrected chi connectivity index (χ2v) is 9.77. The number of hydrogen-bond donors (Lipinski definition) is 4. The van der Waals surface area contributed by atoms with E-state index in [1.165, 1.54) is 19.4 Å². The lowest BCUT2D eigenvalue weighted by atomic mass is 9.85. The van der Waals surface area contributed by atoms with Crippen molar-refractivity contribution in [3.05, 3.63) is 66.1 Å². The summed E-state index contributed by atoms with van der Waals surface area (Å²) in [5.41, 5.74) is 1.91. The molecule has 2 aromatic carbocycles. The molecule has 1 aliphatic heterocycles. The molecule has 42 heavy (non-hydrogen) atoms. The third-order valence-corrected chi connectivity index (χ3v) is 6.93. The second kappa shape index (κ2) is 14.3. The van der Waals surface area contributed by atoms with Crippen molar-refractivity contribution in [1.82, 2.24) is 10.3 Å². The third-order valence-electron chi connectivity index (χ3n) is 6.93. The van der Waals surface area contributed by atoms with Gasteiger partial charge in [-0.3, -0.25) is 9.78 Å². The van der Waals surface area contributed by atoms with Crippen LogP contribution in [0.3, 0.4) is 0 Å². The van der Waals surface area contributed by atoms with Gasteiger partial charge in [-0.1, -0.05) is 6.07 Å². The van der Waals surface area contributed by atoms with E-state index in [2.05, 4.69) is 21.7 Å². The number of nitrogens with zero attached hydrogens (tertiary/aromatic N) is 1. The first-order valence-electron chi connectivity index (χ1n) is 13.4. The van der Waals surface area contributed by atoms with Crippen LogP contribution in [-0.2, 0) is 20.9 Å². The largest absolute Gasteiger partial charge is 0.497 e. The van der Waals surface area contributed by atoms with Crippen LogP contribution in [0.15, 0.2) is 54.7 Å². The number of nitrogens with one attached hydrogen (secondary N) is 2. The molecule has 3 aromatic rings. The molecule has 0 bridgehead atoms. The van der Waals surface area contributed by atoms with Gasteiger partial charge in [-0.2, -0.15) is 0 Å². The monoisotopic (exact) mass is 581 g/mol. The Bertz CT molecular complexity index is 1450. The quantitative estimate of drug-likeness (QED) is 0.285. The molecule has 4 N–H and O–H groups in total. The number of anilines is 1. The number of carboxylic acid groups (broad SMARTS) is 2. The van der Waals surface area contributed by atoms with Gasteiger partial charge in [-0.05, 0) is 55.5 Å². The summed E-state index contributed by atoms with van der Waals surface area (Å²) in [4.78, 5) is 36.2. The summed E-state index contributed by atoms with van der Waals surface area (Å²) in [6.07, 6.45) is 6.05. The molecule has 222 valence electrons. The fourth-order valence-corrected chi connectivity index (χ4v) is 4.81. The highest BCUT2D eigenvalue weighted by molar-refractivity contribution is 6.02. The highest BCUT2D eigenvalue weighted by Crippen LogP contribution is 2.32. The molecule has 5 rings (SSSR count). The summed E-state index contributed by atoms with van der Waals surface area (Å²) >= 11 is 0. The Morgan fingerprint density at radius 2 is 1.69 bits per heavy atom. The van der Waals surface area contributed by atoms with E-state index < -0.39 is 17.8 Å². The number of carbonyl (C=O) groups excluding carboxylic acids is 1. The van der Waals surface area contributed by atoms with Crippen molar-refractivity contribution in [3.8, 4) is 17.2 Å². The van der Waals surface area contributed by atoms with Gasteiger partial charge in [-0.15, -0.1) is 0 Å². The molecule has 1 fully saturated rings. The number of benzene rings is 2. The van der Waals surface area contributed by atoms with E-state index in [1.54, 1.807) is 12.1 Å². The number of hydrogen-bond acceptors (Lipinski definition) is 8. The van der Waals surface area contributed by atoms with Gasteiger partial charge in [-0.25, -0.2) is 14.0 Å². The fourth-order valence-electron chi connectivity index (χ4n) is 4.81. The molecular formula is C30H32FN3O8. The minimum absolute atomic E-state index is 0.0407. The number of carbonyl (C=O) groups is 3. The predicted octanol–water partition coefficient (Wildman–Crippen LogP) is 4.15. The van der Waals surface area contributed by atoms with Crippen molar-refractivity contribution >= 4 is 34.4 Å². The highest BCUT2D eigenvalue weighted by Gasteiger charge is 2.27. The summed E-state index contributed by atoms with van der Waals surface area (Å²) in [5, 5.41) is 22.7. The Labute approximate surface area is 241 Å². The van der Waals surface area contributed by atoms with E-state index >= 15 is 0 Å². The van der Waals surface area contributed by atoms with Gasteiger partial charge in [0.25, 0.3) is 0 Å². The molecule has 1 saturated carbocycles. The van der Waals surface area contributed by atoms with Crippen LogP contribution in [0, 0.1) is 11.7 Å². The second-order valence-electron chi connectivity index (χ2n) is 9.77. The standard InChI is InChI=1S/C26H28FN3O4.C4H4O4/c1-32-19-13-20-22(8-9-28-25(20)21(27)14-19)30-26(31)17-3-5-18(6-4-17)29-15-16-2-7-23-24(12-16)34-11-10-33-23;5-3(6)1-2-4(7)8/h2,7-9,12-14,17-18,29H,3-6,10-11,15H2,1H3,(H,28,30,31);1-2H,(H,5,6)(H,7,8)/b;2-1+. The molecule has 1 aromatic heterocycles. The van der Waals surface area contributed by atoms with Gasteiger partial charge < -0.3 is 35.1 Å². The number of aromatic nitrogens is 1. The summed E-state index contributed by atoms with van der Waals surface area (Å²) in [6.45, 7) is 1.91. The Hall–Kier alpha value is -4.71. The summed E-state index contributed by atoms with van der Waals surface area (Å²) in [6, 6.07) is 11.1. The summed E-state index contributed by atoms with van der Waals surface area (Å²) in [5.74, 6) is -1.13. The lowest BCUT2D eigenvalue weighted by molar-refractivity contribution is -0.134. The van der Waals surface area contributed by atoms with E-state index in [4.69, 9.17) is 24.4 Å². The van der Waals surface area contributed by atoms with E-state index in [0.717, 1.165) is 49.3 Å². The fraction of sp³-hybridized carbons (Fsp3) is 0.333. The molecule has 0 atom stereocenters. The van der Waals surface area contributed by atoms with Gasteiger partial charge in [0.15, 0.2) is 17.3 Å². The van der Waals surface area contributed by atoms with Crippen molar-refractivity contribution in [2.45, 2.75) is 38.3 Å². The number of carboxylic acids is 2. The highest BCUT2D eigenvalue weighted by atomic mass is 19.1. The van der Waals surface area contributed by atoms with Crippen LogP contribution >= 0.6 is 0 Å². The number of aliphatic carboxylic acids is 2. The molecule has 11 nitrogen and oxygen atoms in total. The summed E-state index contributed by atoms with van der Waals surface area (Å²) in [7, 11) is 1.48. The number of amides is 1. The number of rotatable bonds is 8. The Morgan fingerprint density at radius 1 is 1.00 bits per heavy atom. The van der Waals surface area contributed by atoms with E-state index in [-0.39, 0.29) is 17.3 Å². The van der Waals surface area contributed by atoms with Crippen LogP contribution in [0.5, 0.6) is 17.2 Å². The Kier molecular flexibility index (Phi) is 10.3. The van der Waals surface area contributed by atoms with Gasteiger partial charge in [0, 0.05) is 48.3 Å². The first-order valence-corrected chi connectivity index (χ1v) is 13.4. The average molecular weight is 582 g/mol. The summed E-state index contributed by atoms with van der Waals surface area (Å²) < 4.78 is 30.8. The van der Waals surface area contributed by atoms with Crippen LogP contribution in [0.25, 0.3) is 10.9 Å². The molecule has 0 radical (unpaired) electrons. The average Bonchev–Trinajstić information content (AvgIpc) is 2.99. The maximum Gasteiger partial charge on any atom is 0.328 e. The van der Waals surface area contributed by atoms with Crippen LogP contribution in [0.4, 0.5) is 10.1 Å². The van der Waals surface area contributed by atoms with Crippen molar-refractivity contribution in [3.63, 3.8) is 0 Å². The van der Waals surface area contributed by atoms with Crippen molar-refractivity contribution in [2.24, 2.45) is 5.92 Å². The zero-order valence-electron chi connectivity index (χ0n) is 23.0. The predicted molar refractivity (Wildman–Crippen MR) is 151 cm³/mol. The maximum absolute atomic E-state index is 14.4. The lowest BCUT2D eigenvalue weighted by Gasteiger charge is -2.29. The topological polar surface area (TPSA) is 156 Å². The first kappa shape index (κ1) is 30.3. The Morgan fingerprint density at radius 3 is 2.36 bits per heavy atom. The zero-order chi connectivity index (χ0) is 30.1. The van der Waals surface area contributed by atoms with Crippen molar-refractivity contribution in [2.75, 3.05) is 25.6 Å². The SMILES string of the molecule is COc1cc(F)c2nccc(NC(=O)C3CCC(NCc4ccc5c(c4)OCCO5)CC3)c2c1.O=C(O)/C=C/C(=O)O. The van der Waals surface area contributed by atoms with Gasteiger partial charge >= 0.3 is 11.9 Å². The molecule has 0 unspecified atom stereocenters. The van der Waals surface area contributed by atoms with E-state index in [1.807, 2.05) is 12.1 Å². The van der Waals surface area contributed by atoms with Gasteiger partial charge in [0.1, 0.15) is 24.5 Å². The number of fused-ring (bicyclic) bond motifs is 2. The molecule has 2 heterocycles. The lowest BCUT2D eigenvalue weighted by Crippen LogP contribution is -2.36. The normalized spacial score (nSPS) is 17.7. The first-order chi connectivity index (χ1) is 20.2. The van der Waals surface area contributed by atoms with Gasteiger partial charge in [0.2, 0.25) is 5.91 Å². The molecular weight excluding hydrogens is 549 g/mol. The molecule has 1 aliphatic carbocycles. The van der Waals surface area contributed by atoms with Crippen molar-refractivity contribution in [1.29, 1.82) is 0 Å².